The lowest BCUT2D eigenvalue weighted by molar-refractivity contribution is -0.152. The molecule has 0 unspecified atom stereocenters. The largest absolute Gasteiger partial charge is 0.398 e. The number of hydrogen-bond donors (Lipinski definition) is 3. The van der Waals surface area contributed by atoms with Crippen LogP contribution in [0.4, 0.5) is 11.4 Å². The molecule has 0 fully saturated rings. The number of nitroso groups, excluding NO2 is 1. The highest BCUT2D eigenvalue weighted by Crippen LogP contribution is 2.27. The Balaban J connectivity index is 3.27. The third kappa shape index (κ3) is 2.01. The van der Waals surface area contributed by atoms with Crippen molar-refractivity contribution >= 4 is 11.4 Å². The Bertz CT molecular complexity index is 331. The molecule has 4 N–H and O–H groups in total. The van der Waals surface area contributed by atoms with Crippen LogP contribution < -0.4 is 5.73 Å². The molecular weight excluding hydrogens is 172 g/mol. The van der Waals surface area contributed by atoms with E-state index in [1.165, 1.54) is 18.2 Å². The first kappa shape index (κ1) is 9.63. The highest BCUT2D eigenvalue weighted by atomic mass is 16.5. The molecule has 5 nitrogen and oxygen atoms in total. The summed E-state index contributed by atoms with van der Waals surface area (Å²) in [7, 11) is 0. The molecule has 13 heavy (non-hydrogen) atoms. The van der Waals surface area contributed by atoms with E-state index in [1.807, 2.05) is 0 Å². The molecule has 0 heterocycles. The van der Waals surface area contributed by atoms with Crippen LogP contribution in [-0.4, -0.2) is 10.2 Å². The van der Waals surface area contributed by atoms with Gasteiger partial charge in [0.2, 0.25) is 0 Å². The van der Waals surface area contributed by atoms with Crippen molar-refractivity contribution in [1.29, 1.82) is 0 Å². The van der Waals surface area contributed by atoms with Crippen LogP contribution in [0.25, 0.3) is 0 Å². The quantitative estimate of drug-likeness (QED) is 0.358. The Morgan fingerprint density at radius 3 is 2.54 bits per heavy atom. The van der Waals surface area contributed by atoms with E-state index in [-0.39, 0.29) is 16.9 Å². The van der Waals surface area contributed by atoms with Crippen molar-refractivity contribution in [3.63, 3.8) is 0 Å². The van der Waals surface area contributed by atoms with Crippen LogP contribution in [0.3, 0.4) is 0 Å². The molecule has 0 aliphatic heterocycles. The molecule has 0 saturated carbocycles. The van der Waals surface area contributed by atoms with E-state index in [0.29, 0.717) is 0 Å². The van der Waals surface area contributed by atoms with Crippen molar-refractivity contribution < 1.29 is 10.2 Å². The maximum absolute atomic E-state index is 10.1. The minimum Gasteiger partial charge on any atom is -0.398 e. The average molecular weight is 182 g/mol. The third-order valence-corrected chi connectivity index (χ3v) is 1.65. The number of hydrogen-bond acceptors (Lipinski definition) is 5. The molecular formula is C8H10N2O3. The number of anilines is 1. The number of nitrogens with zero attached hydrogens (tertiary/aromatic N) is 1. The topological polar surface area (TPSA) is 95.9 Å². The molecule has 0 aromatic heterocycles. The van der Waals surface area contributed by atoms with Crippen LogP contribution in [-0.2, 0) is 5.79 Å². The van der Waals surface area contributed by atoms with E-state index < -0.39 is 5.79 Å². The Morgan fingerprint density at radius 2 is 2.08 bits per heavy atom. The second kappa shape index (κ2) is 3.12. The lowest BCUT2D eigenvalue weighted by Gasteiger charge is -2.18. The number of nitrogens with two attached hydrogens (primary N) is 1. The van der Waals surface area contributed by atoms with E-state index >= 15 is 0 Å². The second-order valence-electron chi connectivity index (χ2n) is 2.88. The Hall–Kier alpha value is -1.46. The summed E-state index contributed by atoms with van der Waals surface area (Å²) < 4.78 is 0. The maximum Gasteiger partial charge on any atom is 0.188 e. The van der Waals surface area contributed by atoms with Gasteiger partial charge in [-0.3, -0.25) is 0 Å². The number of aliphatic hydroxyl groups is 2. The van der Waals surface area contributed by atoms with Gasteiger partial charge in [-0.05, 0) is 30.3 Å². The smallest absolute Gasteiger partial charge is 0.188 e. The molecule has 1 rings (SSSR count). The summed E-state index contributed by atoms with van der Waals surface area (Å²) in [4.78, 5) is 10.1. The van der Waals surface area contributed by atoms with E-state index in [9.17, 15) is 15.1 Å². The SMILES string of the molecule is CC(O)(O)c1cc(N=O)ccc1N. The minimum absolute atomic E-state index is 0.0737. The fourth-order valence-corrected chi connectivity index (χ4v) is 1.01. The summed E-state index contributed by atoms with van der Waals surface area (Å²) in [5, 5.41) is 21.1. The molecule has 0 aliphatic rings. The van der Waals surface area contributed by atoms with Gasteiger partial charge in [0.05, 0.1) is 0 Å². The first-order valence-corrected chi connectivity index (χ1v) is 3.63. The number of nitrogen functional groups attached to an aromatic ring is 1. The van der Waals surface area contributed by atoms with Gasteiger partial charge in [0, 0.05) is 11.3 Å². The van der Waals surface area contributed by atoms with Crippen LogP contribution in [0.15, 0.2) is 23.4 Å². The predicted molar refractivity (Wildman–Crippen MR) is 48.1 cm³/mol. The van der Waals surface area contributed by atoms with Gasteiger partial charge >= 0.3 is 0 Å². The van der Waals surface area contributed by atoms with E-state index in [1.54, 1.807) is 0 Å². The van der Waals surface area contributed by atoms with Crippen molar-refractivity contribution in [3.8, 4) is 0 Å². The fraction of sp³-hybridized carbons (Fsp3) is 0.250. The molecule has 70 valence electrons. The summed E-state index contributed by atoms with van der Waals surface area (Å²) in [5.41, 5.74) is 5.86. The van der Waals surface area contributed by atoms with E-state index in [0.717, 1.165) is 6.92 Å². The molecule has 0 atom stereocenters. The van der Waals surface area contributed by atoms with Crippen LogP contribution in [0.5, 0.6) is 0 Å². The minimum atomic E-state index is -2.05. The van der Waals surface area contributed by atoms with Gasteiger partial charge in [-0.2, -0.15) is 0 Å². The number of benzene rings is 1. The van der Waals surface area contributed by atoms with E-state index in [4.69, 9.17) is 5.73 Å². The molecule has 5 heteroatoms. The molecule has 1 aromatic carbocycles. The van der Waals surface area contributed by atoms with E-state index in [2.05, 4.69) is 5.18 Å². The van der Waals surface area contributed by atoms with Gasteiger partial charge in [-0.15, -0.1) is 4.91 Å². The molecule has 0 bridgehead atoms. The van der Waals surface area contributed by atoms with Crippen molar-refractivity contribution in [1.82, 2.24) is 0 Å². The third-order valence-electron chi connectivity index (χ3n) is 1.65. The summed E-state index contributed by atoms with van der Waals surface area (Å²) >= 11 is 0. The van der Waals surface area contributed by atoms with Crippen molar-refractivity contribution in [2.75, 3.05) is 5.73 Å². The summed E-state index contributed by atoms with van der Waals surface area (Å²) in [6.45, 7) is 1.16. The van der Waals surface area contributed by atoms with Gasteiger partial charge in [-0.1, -0.05) is 0 Å². The predicted octanol–water partition coefficient (Wildman–Crippen LogP) is 0.824. The lowest BCUT2D eigenvalue weighted by atomic mass is 10.0. The molecule has 0 amide bonds. The fourth-order valence-electron chi connectivity index (χ4n) is 1.01. The molecule has 0 spiro atoms. The Labute approximate surface area is 74.8 Å². The van der Waals surface area contributed by atoms with Gasteiger partial charge in [0.15, 0.2) is 5.79 Å². The zero-order chi connectivity index (χ0) is 10.1. The first-order chi connectivity index (χ1) is 5.95. The molecule has 0 aliphatic carbocycles. The van der Waals surface area contributed by atoms with Gasteiger partial charge in [-0.25, -0.2) is 0 Å². The van der Waals surface area contributed by atoms with Crippen molar-refractivity contribution in [3.05, 3.63) is 28.7 Å². The average Bonchev–Trinajstić information content (AvgIpc) is 2.03. The Morgan fingerprint density at radius 1 is 1.46 bits per heavy atom. The number of rotatable bonds is 2. The van der Waals surface area contributed by atoms with Crippen molar-refractivity contribution in [2.45, 2.75) is 12.7 Å². The second-order valence-corrected chi connectivity index (χ2v) is 2.88. The highest BCUT2D eigenvalue weighted by molar-refractivity contribution is 5.56. The van der Waals surface area contributed by atoms with Crippen LogP contribution in [0, 0.1) is 4.91 Å². The monoisotopic (exact) mass is 182 g/mol. The van der Waals surface area contributed by atoms with Gasteiger partial charge in [0.25, 0.3) is 0 Å². The van der Waals surface area contributed by atoms with Crippen LogP contribution in [0.1, 0.15) is 12.5 Å². The standard InChI is InChI=1S/C8H10N2O3/c1-8(11,12)6-4-5(10-13)2-3-7(6)9/h2-4,11-12H,9H2,1H3. The van der Waals surface area contributed by atoms with Gasteiger partial charge < -0.3 is 15.9 Å². The van der Waals surface area contributed by atoms with Gasteiger partial charge in [0.1, 0.15) is 5.69 Å². The lowest BCUT2D eigenvalue weighted by Crippen LogP contribution is -2.21. The maximum atomic E-state index is 10.1. The molecule has 0 saturated heterocycles. The zero-order valence-corrected chi connectivity index (χ0v) is 7.06. The molecule has 1 aromatic rings. The highest BCUT2D eigenvalue weighted by Gasteiger charge is 2.21. The zero-order valence-electron chi connectivity index (χ0n) is 7.06. The normalized spacial score (nSPS) is 11.3. The van der Waals surface area contributed by atoms with Crippen molar-refractivity contribution in [2.24, 2.45) is 5.18 Å². The Kier molecular flexibility index (Phi) is 2.31. The summed E-state index contributed by atoms with van der Waals surface area (Å²) in [6.07, 6.45) is 0. The first-order valence-electron chi connectivity index (χ1n) is 3.63. The summed E-state index contributed by atoms with van der Waals surface area (Å²) in [5.74, 6) is -2.05. The molecule has 0 radical (unpaired) electrons. The van der Waals surface area contributed by atoms with Crippen LogP contribution >= 0.6 is 0 Å². The summed E-state index contributed by atoms with van der Waals surface area (Å²) in [6, 6.07) is 4.04. The van der Waals surface area contributed by atoms with Crippen LogP contribution in [0.2, 0.25) is 0 Å².